The number of nitrogens with zero attached hydrogens (tertiary/aromatic N) is 4. The number of amides is 1. The minimum absolute atomic E-state index is 0.0630. The second-order valence-electron chi connectivity index (χ2n) is 7.71. The van der Waals surface area contributed by atoms with Crippen molar-refractivity contribution in [3.05, 3.63) is 83.3 Å². The maximum Gasteiger partial charge on any atom is 0.237 e. The highest BCUT2D eigenvalue weighted by Gasteiger charge is 2.30. The molecule has 1 aliphatic rings. The number of carbonyl (C=O) groups excluding carboxylic acids is 1. The lowest BCUT2D eigenvalue weighted by atomic mass is 10.1. The third kappa shape index (κ3) is 4.06. The van der Waals surface area contributed by atoms with Gasteiger partial charge in [0.1, 0.15) is 5.76 Å². The van der Waals surface area contributed by atoms with Crippen LogP contribution in [0.2, 0.25) is 5.02 Å². The predicted molar refractivity (Wildman–Crippen MR) is 126 cm³/mol. The summed E-state index contributed by atoms with van der Waals surface area (Å²) < 4.78 is 7.52. The van der Waals surface area contributed by atoms with E-state index in [1.54, 1.807) is 6.26 Å². The molecular formula is C24H21ClN4O2S. The molecule has 1 atom stereocenters. The predicted octanol–water partition coefficient (Wildman–Crippen LogP) is 5.31. The number of para-hydroxylation sites is 1. The van der Waals surface area contributed by atoms with Crippen LogP contribution in [0.4, 0.5) is 5.69 Å². The summed E-state index contributed by atoms with van der Waals surface area (Å²) in [7, 11) is 0. The van der Waals surface area contributed by atoms with Crippen LogP contribution in [0, 0.1) is 0 Å². The molecule has 5 rings (SSSR count). The molecule has 32 heavy (non-hydrogen) atoms. The summed E-state index contributed by atoms with van der Waals surface area (Å²) in [4.78, 5) is 15.0. The van der Waals surface area contributed by atoms with Gasteiger partial charge in [0.25, 0.3) is 0 Å². The number of halogens is 1. The van der Waals surface area contributed by atoms with E-state index in [0.29, 0.717) is 22.5 Å². The van der Waals surface area contributed by atoms with E-state index in [0.717, 1.165) is 23.4 Å². The Morgan fingerprint density at radius 1 is 1.12 bits per heavy atom. The molecular weight excluding hydrogens is 444 g/mol. The third-order valence-corrected chi connectivity index (χ3v) is 6.72. The van der Waals surface area contributed by atoms with E-state index < -0.39 is 0 Å². The average Bonchev–Trinajstić information content (AvgIpc) is 3.52. The first-order valence-corrected chi connectivity index (χ1v) is 11.7. The van der Waals surface area contributed by atoms with E-state index in [4.69, 9.17) is 16.0 Å². The number of hydrogen-bond donors (Lipinski definition) is 0. The Hall–Kier alpha value is -3.03. The molecule has 162 valence electrons. The summed E-state index contributed by atoms with van der Waals surface area (Å²) >= 11 is 7.44. The van der Waals surface area contributed by atoms with Gasteiger partial charge in [-0.1, -0.05) is 41.6 Å². The molecule has 0 spiro atoms. The van der Waals surface area contributed by atoms with Gasteiger partial charge in [-0.2, -0.15) is 0 Å². The van der Waals surface area contributed by atoms with E-state index in [1.165, 1.54) is 17.3 Å². The molecule has 0 radical (unpaired) electrons. The quantitative estimate of drug-likeness (QED) is 0.362. The van der Waals surface area contributed by atoms with Gasteiger partial charge in [-0.15, -0.1) is 10.2 Å². The van der Waals surface area contributed by atoms with Crippen molar-refractivity contribution in [1.29, 1.82) is 0 Å². The van der Waals surface area contributed by atoms with Gasteiger partial charge in [-0.3, -0.25) is 9.36 Å². The summed E-state index contributed by atoms with van der Waals surface area (Å²) in [6.07, 6.45) is 2.52. The first-order chi connectivity index (χ1) is 15.6. The molecule has 0 fully saturated rings. The first kappa shape index (κ1) is 20.8. The van der Waals surface area contributed by atoms with Crippen LogP contribution in [0.5, 0.6) is 0 Å². The fourth-order valence-corrected chi connectivity index (χ4v) is 4.97. The van der Waals surface area contributed by atoms with Crippen LogP contribution in [-0.4, -0.2) is 32.5 Å². The van der Waals surface area contributed by atoms with E-state index in [9.17, 15) is 4.79 Å². The third-order valence-electron chi connectivity index (χ3n) is 5.51. The Labute approximate surface area is 195 Å². The number of thioether (sulfide) groups is 1. The van der Waals surface area contributed by atoms with E-state index in [2.05, 4.69) is 23.2 Å². The monoisotopic (exact) mass is 464 g/mol. The molecule has 6 nitrogen and oxygen atoms in total. The summed E-state index contributed by atoms with van der Waals surface area (Å²) in [5.74, 6) is 1.83. The van der Waals surface area contributed by atoms with Crippen LogP contribution in [0.15, 0.2) is 76.5 Å². The number of fused-ring (bicyclic) bond motifs is 1. The summed E-state index contributed by atoms with van der Waals surface area (Å²) in [5.41, 5.74) is 3.11. The minimum atomic E-state index is 0.0630. The highest BCUT2D eigenvalue weighted by Crippen LogP contribution is 2.33. The van der Waals surface area contributed by atoms with Gasteiger partial charge in [-0.25, -0.2) is 0 Å². The number of hydrogen-bond acceptors (Lipinski definition) is 5. The SMILES string of the molecule is CC1Cc2ccccc2N1C(=O)CSc1nnc(-c2ccc(Cl)cc2)n1Cc1ccco1. The molecule has 0 bridgehead atoms. The van der Waals surface area contributed by atoms with Crippen molar-refractivity contribution in [2.75, 3.05) is 10.7 Å². The molecule has 1 unspecified atom stereocenters. The Balaban J connectivity index is 1.40. The normalized spacial score (nSPS) is 15.2. The lowest BCUT2D eigenvalue weighted by molar-refractivity contribution is -0.116. The molecule has 8 heteroatoms. The Kier molecular flexibility index (Phi) is 5.76. The molecule has 2 aromatic heterocycles. The van der Waals surface area contributed by atoms with E-state index in [1.807, 2.05) is 64.1 Å². The second-order valence-corrected chi connectivity index (χ2v) is 9.09. The van der Waals surface area contributed by atoms with Gasteiger partial charge < -0.3 is 9.32 Å². The Morgan fingerprint density at radius 2 is 1.94 bits per heavy atom. The number of anilines is 1. The molecule has 2 aromatic carbocycles. The zero-order chi connectivity index (χ0) is 22.1. The van der Waals surface area contributed by atoms with Crippen molar-refractivity contribution < 1.29 is 9.21 Å². The van der Waals surface area contributed by atoms with Crippen molar-refractivity contribution in [2.45, 2.75) is 31.1 Å². The number of rotatable bonds is 6. The lowest BCUT2D eigenvalue weighted by Crippen LogP contribution is -2.37. The Morgan fingerprint density at radius 3 is 2.72 bits per heavy atom. The van der Waals surface area contributed by atoms with Crippen molar-refractivity contribution in [3.63, 3.8) is 0 Å². The fourth-order valence-electron chi connectivity index (χ4n) is 4.05. The standard InChI is InChI=1S/C24H21ClN4O2S/c1-16-13-18-5-2-3-7-21(18)29(16)22(30)15-32-24-27-26-23(17-8-10-19(25)11-9-17)28(24)14-20-6-4-12-31-20/h2-12,16H,13-15H2,1H3. The molecule has 1 aliphatic heterocycles. The van der Waals surface area contributed by atoms with Crippen LogP contribution < -0.4 is 4.90 Å². The zero-order valence-corrected chi connectivity index (χ0v) is 19.0. The van der Waals surface area contributed by atoms with E-state index >= 15 is 0 Å². The van der Waals surface area contributed by atoms with Crippen molar-refractivity contribution in [2.24, 2.45) is 0 Å². The fraction of sp³-hybridized carbons (Fsp3) is 0.208. The van der Waals surface area contributed by atoms with Gasteiger partial charge in [0.15, 0.2) is 11.0 Å². The maximum atomic E-state index is 13.1. The van der Waals surface area contributed by atoms with E-state index in [-0.39, 0.29) is 17.7 Å². The molecule has 1 amide bonds. The first-order valence-electron chi connectivity index (χ1n) is 10.3. The van der Waals surface area contributed by atoms with Gasteiger partial charge in [0.2, 0.25) is 5.91 Å². The highest BCUT2D eigenvalue weighted by atomic mass is 35.5. The molecule has 4 aromatic rings. The summed E-state index contributed by atoms with van der Waals surface area (Å²) in [5, 5.41) is 10.1. The van der Waals surface area contributed by atoms with Crippen LogP contribution >= 0.6 is 23.4 Å². The largest absolute Gasteiger partial charge is 0.467 e. The number of benzene rings is 2. The van der Waals surface area contributed by atoms with Gasteiger partial charge in [0, 0.05) is 22.3 Å². The van der Waals surface area contributed by atoms with Gasteiger partial charge in [-0.05, 0) is 61.4 Å². The summed E-state index contributed by atoms with van der Waals surface area (Å²) in [6, 6.07) is 19.5. The highest BCUT2D eigenvalue weighted by molar-refractivity contribution is 7.99. The van der Waals surface area contributed by atoms with Crippen LogP contribution in [0.3, 0.4) is 0 Å². The van der Waals surface area contributed by atoms with Crippen LogP contribution in [0.1, 0.15) is 18.2 Å². The van der Waals surface area contributed by atoms with Crippen LogP contribution in [-0.2, 0) is 17.8 Å². The van der Waals surface area contributed by atoms with Crippen LogP contribution in [0.25, 0.3) is 11.4 Å². The second kappa shape index (κ2) is 8.84. The lowest BCUT2D eigenvalue weighted by Gasteiger charge is -2.22. The Bertz CT molecular complexity index is 1240. The van der Waals surface area contributed by atoms with Crippen molar-refractivity contribution >= 4 is 35.0 Å². The molecule has 0 aliphatic carbocycles. The summed E-state index contributed by atoms with van der Waals surface area (Å²) in [6.45, 7) is 2.55. The smallest absolute Gasteiger partial charge is 0.237 e. The molecule has 3 heterocycles. The van der Waals surface area contributed by atoms with Crippen molar-refractivity contribution in [3.8, 4) is 11.4 Å². The van der Waals surface area contributed by atoms with Crippen molar-refractivity contribution in [1.82, 2.24) is 14.8 Å². The molecule has 0 N–H and O–H groups in total. The topological polar surface area (TPSA) is 64.2 Å². The minimum Gasteiger partial charge on any atom is -0.467 e. The zero-order valence-electron chi connectivity index (χ0n) is 17.4. The van der Waals surface area contributed by atoms with Gasteiger partial charge >= 0.3 is 0 Å². The van der Waals surface area contributed by atoms with Gasteiger partial charge in [0.05, 0.1) is 18.6 Å². The molecule has 0 saturated heterocycles. The molecule has 0 saturated carbocycles. The number of furan rings is 1. The average molecular weight is 465 g/mol. The number of carbonyl (C=O) groups is 1. The maximum absolute atomic E-state index is 13.1. The number of aromatic nitrogens is 3.